The molecule has 52 heavy (non-hydrogen) atoms. The summed E-state index contributed by atoms with van der Waals surface area (Å²) in [6.45, 7) is 4.83. The molecule has 11 rings (SSSR count). The normalized spacial score (nSPS) is 13.3. The molecule has 0 bridgehead atoms. The van der Waals surface area contributed by atoms with Crippen LogP contribution >= 0.6 is 0 Å². The molecule has 9 aromatic carbocycles. The van der Waals surface area contributed by atoms with Gasteiger partial charge in [-0.3, -0.25) is 0 Å². The molecule has 0 saturated carbocycles. The summed E-state index contributed by atoms with van der Waals surface area (Å²) in [5.41, 5.74) is 15.0. The number of hydrogen-bond donors (Lipinski definition) is 0. The first-order valence-corrected chi connectivity index (χ1v) is 18.3. The molecule has 0 fully saturated rings. The molecule has 244 valence electrons. The molecule has 0 unspecified atom stereocenters. The van der Waals surface area contributed by atoms with Crippen molar-refractivity contribution in [3.05, 3.63) is 187 Å². The van der Waals surface area contributed by atoms with E-state index in [9.17, 15) is 0 Å². The van der Waals surface area contributed by atoms with Crippen molar-refractivity contribution in [3.63, 3.8) is 0 Å². The maximum atomic E-state index is 2.57. The van der Waals surface area contributed by atoms with Crippen molar-refractivity contribution >= 4 is 43.2 Å². The zero-order chi connectivity index (χ0) is 34.6. The maximum absolute atomic E-state index is 2.57. The molecule has 1 heteroatoms. The Labute approximate surface area is 303 Å². The molecule has 10 aromatic rings. The molecule has 0 N–H and O–H groups in total. The summed E-state index contributed by atoms with van der Waals surface area (Å²) < 4.78 is 2.57. The highest BCUT2D eigenvalue weighted by Gasteiger charge is 2.41. The van der Waals surface area contributed by atoms with Crippen molar-refractivity contribution < 1.29 is 0 Å². The van der Waals surface area contributed by atoms with Crippen LogP contribution in [0.5, 0.6) is 0 Å². The monoisotopic (exact) mass is 661 g/mol. The van der Waals surface area contributed by atoms with E-state index in [-0.39, 0.29) is 5.41 Å². The minimum atomic E-state index is -0.200. The Bertz CT molecular complexity index is 2940. The third-order valence-electron chi connectivity index (χ3n) is 11.7. The Morgan fingerprint density at radius 1 is 0.404 bits per heavy atom. The van der Waals surface area contributed by atoms with Crippen molar-refractivity contribution in [3.8, 4) is 50.3 Å². The lowest BCUT2D eigenvalue weighted by Gasteiger charge is -2.23. The quantitative estimate of drug-likeness (QED) is 0.165. The van der Waals surface area contributed by atoms with Crippen molar-refractivity contribution in [1.82, 2.24) is 4.57 Å². The number of nitrogens with zero attached hydrogens (tertiary/aromatic N) is 1. The number of hydrogen-bond acceptors (Lipinski definition) is 0. The largest absolute Gasteiger partial charge is 0.309 e. The molecule has 0 amide bonds. The summed E-state index contributed by atoms with van der Waals surface area (Å²) in [6.07, 6.45) is 0. The van der Waals surface area contributed by atoms with Crippen LogP contribution in [0.3, 0.4) is 0 Å². The van der Waals surface area contributed by atoms with Crippen LogP contribution in [0.4, 0.5) is 0 Å². The van der Waals surface area contributed by atoms with E-state index < -0.39 is 0 Å². The first kappa shape index (κ1) is 29.3. The van der Waals surface area contributed by atoms with Crippen molar-refractivity contribution in [2.45, 2.75) is 19.3 Å². The van der Waals surface area contributed by atoms with Gasteiger partial charge in [-0.1, -0.05) is 166 Å². The smallest absolute Gasteiger partial charge is 0.0585 e. The van der Waals surface area contributed by atoms with E-state index in [1.165, 1.54) is 105 Å². The van der Waals surface area contributed by atoms with Crippen LogP contribution in [0.15, 0.2) is 176 Å². The predicted molar refractivity (Wildman–Crippen MR) is 221 cm³/mol. The summed E-state index contributed by atoms with van der Waals surface area (Å²) in [7, 11) is 0. The van der Waals surface area contributed by atoms with Gasteiger partial charge in [0.05, 0.1) is 11.2 Å². The van der Waals surface area contributed by atoms with E-state index in [1.807, 2.05) is 0 Å². The highest BCUT2D eigenvalue weighted by atomic mass is 15.0. The third kappa shape index (κ3) is 4.05. The Morgan fingerprint density at radius 3 is 1.69 bits per heavy atom. The van der Waals surface area contributed by atoms with Crippen molar-refractivity contribution in [2.75, 3.05) is 0 Å². The van der Waals surface area contributed by atoms with Gasteiger partial charge in [0.15, 0.2) is 0 Å². The second-order valence-electron chi connectivity index (χ2n) is 14.9. The van der Waals surface area contributed by atoms with Gasteiger partial charge in [-0.2, -0.15) is 0 Å². The fourth-order valence-electron chi connectivity index (χ4n) is 9.37. The van der Waals surface area contributed by atoms with Crippen molar-refractivity contribution in [2.24, 2.45) is 0 Å². The zero-order valence-corrected chi connectivity index (χ0v) is 29.2. The first-order chi connectivity index (χ1) is 25.6. The molecule has 0 spiro atoms. The average Bonchev–Trinajstić information content (AvgIpc) is 3.67. The minimum absolute atomic E-state index is 0.200. The maximum Gasteiger partial charge on any atom is 0.0585 e. The van der Waals surface area contributed by atoms with Crippen LogP contribution in [-0.4, -0.2) is 4.57 Å². The molecule has 1 aromatic heterocycles. The number of rotatable bonds is 4. The lowest BCUT2D eigenvalue weighted by atomic mass is 9.80. The molecule has 0 aliphatic heterocycles. The first-order valence-electron chi connectivity index (χ1n) is 18.3. The number of fused-ring (bicyclic) bond motifs is 5. The summed E-state index contributed by atoms with van der Waals surface area (Å²) in [5.74, 6) is 0. The lowest BCUT2D eigenvalue weighted by molar-refractivity contribution is 0.666. The Balaban J connectivity index is 1.27. The minimum Gasteiger partial charge on any atom is -0.309 e. The third-order valence-corrected chi connectivity index (χ3v) is 11.7. The summed E-state index contributed by atoms with van der Waals surface area (Å²) in [4.78, 5) is 0. The molecule has 1 aliphatic carbocycles. The molecule has 0 radical (unpaired) electrons. The van der Waals surface area contributed by atoms with Crippen LogP contribution in [0.25, 0.3) is 93.5 Å². The Kier molecular flexibility index (Phi) is 6.08. The van der Waals surface area contributed by atoms with Gasteiger partial charge in [0.2, 0.25) is 0 Å². The van der Waals surface area contributed by atoms with Gasteiger partial charge >= 0.3 is 0 Å². The van der Waals surface area contributed by atoms with E-state index in [4.69, 9.17) is 0 Å². The molecular formula is C51H35N. The molecule has 1 heterocycles. The van der Waals surface area contributed by atoms with Gasteiger partial charge in [-0.15, -0.1) is 0 Å². The molecule has 1 nitrogen and oxygen atoms in total. The Morgan fingerprint density at radius 2 is 0.981 bits per heavy atom. The van der Waals surface area contributed by atoms with Crippen LogP contribution in [0, 0.1) is 0 Å². The van der Waals surface area contributed by atoms with Gasteiger partial charge in [-0.25, -0.2) is 0 Å². The van der Waals surface area contributed by atoms with Crippen LogP contribution in [0.1, 0.15) is 25.0 Å². The highest BCUT2D eigenvalue weighted by molar-refractivity contribution is 6.26. The van der Waals surface area contributed by atoms with Gasteiger partial charge in [0.1, 0.15) is 0 Å². The van der Waals surface area contributed by atoms with E-state index in [1.54, 1.807) is 0 Å². The van der Waals surface area contributed by atoms with Gasteiger partial charge in [-0.05, 0) is 101 Å². The fourth-order valence-corrected chi connectivity index (χ4v) is 9.37. The van der Waals surface area contributed by atoms with Gasteiger partial charge < -0.3 is 4.57 Å². The summed E-state index contributed by atoms with van der Waals surface area (Å²) in [5, 5.41) is 9.22. The standard InChI is InChI=1S/C51H35N/c1-51(2)44-21-10-9-19-43(44)50-49(51)48-41(40-27-25-36-24-23-34-17-11-18-35-26-28-42(40)47(36)46(34)35)20-12-22-45(48)52(50)39-30-37(32-13-5-3-6-14-32)29-38(31-39)33-15-7-4-8-16-33/h3-31H,1-2H3. The molecule has 1 aliphatic rings. The molecule has 0 atom stereocenters. The lowest BCUT2D eigenvalue weighted by Crippen LogP contribution is -2.15. The second-order valence-corrected chi connectivity index (χ2v) is 14.9. The molecular weight excluding hydrogens is 627 g/mol. The number of aromatic nitrogens is 1. The average molecular weight is 662 g/mol. The molecule has 0 saturated heterocycles. The van der Waals surface area contributed by atoms with Crippen LogP contribution in [0.2, 0.25) is 0 Å². The SMILES string of the molecule is CC1(C)c2ccccc2-c2c1c1c(-c3ccc4ccc5cccc6ccc3c4c56)cccc1n2-c1cc(-c2ccccc2)cc(-c2ccccc2)c1. The summed E-state index contributed by atoms with van der Waals surface area (Å²) in [6, 6.07) is 65.3. The van der Waals surface area contributed by atoms with Gasteiger partial charge in [0.25, 0.3) is 0 Å². The number of benzene rings is 9. The van der Waals surface area contributed by atoms with Gasteiger partial charge in [0, 0.05) is 22.1 Å². The van der Waals surface area contributed by atoms with Crippen LogP contribution in [-0.2, 0) is 5.41 Å². The fraction of sp³-hybridized carbons (Fsp3) is 0.0588. The Hall–Kier alpha value is -6.44. The van der Waals surface area contributed by atoms with Crippen LogP contribution < -0.4 is 0 Å². The predicted octanol–water partition coefficient (Wildman–Crippen LogP) is 13.8. The van der Waals surface area contributed by atoms with E-state index in [0.717, 1.165) is 0 Å². The highest BCUT2D eigenvalue weighted by Crippen LogP contribution is 2.56. The summed E-state index contributed by atoms with van der Waals surface area (Å²) >= 11 is 0. The van der Waals surface area contributed by atoms with Crippen molar-refractivity contribution in [1.29, 1.82) is 0 Å². The van der Waals surface area contributed by atoms with E-state index >= 15 is 0 Å². The van der Waals surface area contributed by atoms with E-state index in [2.05, 4.69) is 194 Å². The topological polar surface area (TPSA) is 4.93 Å². The van der Waals surface area contributed by atoms with E-state index in [0.29, 0.717) is 0 Å². The second kappa shape index (κ2) is 10.8. The zero-order valence-electron chi connectivity index (χ0n) is 29.2.